The van der Waals surface area contributed by atoms with E-state index < -0.39 is 10.0 Å². The quantitative estimate of drug-likeness (QED) is 0.404. The van der Waals surface area contributed by atoms with E-state index in [9.17, 15) is 8.42 Å². The Morgan fingerprint density at radius 2 is 1.97 bits per heavy atom. The van der Waals surface area contributed by atoms with Crippen LogP contribution in [-0.2, 0) is 23.1 Å². The first-order chi connectivity index (χ1) is 15.0. The zero-order chi connectivity index (χ0) is 21.8. The second kappa shape index (κ2) is 8.96. The van der Waals surface area contributed by atoms with E-state index in [4.69, 9.17) is 4.74 Å². The molecule has 2 heterocycles. The summed E-state index contributed by atoms with van der Waals surface area (Å²) in [6.07, 6.45) is 1.47. The van der Waals surface area contributed by atoms with Gasteiger partial charge in [-0.3, -0.25) is 0 Å². The van der Waals surface area contributed by atoms with Crippen molar-refractivity contribution in [1.29, 1.82) is 0 Å². The summed E-state index contributed by atoms with van der Waals surface area (Å²) in [5.41, 5.74) is 2.33. The minimum atomic E-state index is -3.76. The lowest BCUT2D eigenvalue weighted by Gasteiger charge is -2.22. The molecule has 0 fully saturated rings. The van der Waals surface area contributed by atoms with Gasteiger partial charge in [0.05, 0.1) is 17.7 Å². The summed E-state index contributed by atoms with van der Waals surface area (Å²) in [5.74, 6) is 0.688. The van der Waals surface area contributed by atoms with E-state index in [-0.39, 0.29) is 18.0 Å². The molecule has 10 heteroatoms. The van der Waals surface area contributed by atoms with E-state index in [2.05, 4.69) is 15.5 Å². The molecular weight excluding hydrogens is 434 g/mol. The number of rotatable bonds is 8. The second-order valence-corrected chi connectivity index (χ2v) is 9.88. The molecule has 0 amide bonds. The fraction of sp³-hybridized carbons (Fsp3) is 0.190. The lowest BCUT2D eigenvalue weighted by Crippen LogP contribution is -2.30. The number of sulfonamides is 1. The van der Waals surface area contributed by atoms with E-state index in [1.807, 2.05) is 48.7 Å². The van der Waals surface area contributed by atoms with Crippen molar-refractivity contribution in [2.45, 2.75) is 24.9 Å². The van der Waals surface area contributed by atoms with Gasteiger partial charge in [0, 0.05) is 18.0 Å². The Labute approximate surface area is 184 Å². The number of hydrogen-bond acceptors (Lipinski definition) is 7. The Bertz CT molecular complexity index is 1260. The number of ether oxygens (including phenoxy) is 1. The Kier molecular flexibility index (Phi) is 6.12. The average molecular weight is 456 g/mol. The number of aryl methyl sites for hydroxylation is 1. The molecule has 0 unspecified atom stereocenters. The summed E-state index contributed by atoms with van der Waals surface area (Å²) in [4.78, 5) is 1.19. The number of nitrogens with zero attached hydrogens (tertiary/aromatic N) is 5. The first kappa shape index (κ1) is 21.2. The third kappa shape index (κ3) is 4.66. The number of tetrazole rings is 1. The number of hydrogen-bond donors (Lipinski definition) is 0. The van der Waals surface area contributed by atoms with Gasteiger partial charge in [-0.2, -0.15) is 4.31 Å². The van der Waals surface area contributed by atoms with Gasteiger partial charge in [0.25, 0.3) is 0 Å². The molecule has 160 valence electrons. The molecule has 0 spiro atoms. The number of benzene rings is 2. The van der Waals surface area contributed by atoms with Gasteiger partial charge in [-0.25, -0.2) is 13.1 Å². The monoisotopic (exact) mass is 455 g/mol. The summed E-state index contributed by atoms with van der Waals surface area (Å²) in [6, 6.07) is 16.2. The Morgan fingerprint density at radius 1 is 1.10 bits per heavy atom. The normalized spacial score (nSPS) is 11.7. The first-order valence-electron chi connectivity index (χ1n) is 9.47. The summed E-state index contributed by atoms with van der Waals surface area (Å²) in [7, 11) is -2.17. The molecule has 31 heavy (non-hydrogen) atoms. The van der Waals surface area contributed by atoms with Crippen molar-refractivity contribution in [1.82, 2.24) is 24.5 Å². The van der Waals surface area contributed by atoms with Crippen LogP contribution in [0, 0.1) is 6.92 Å². The summed E-state index contributed by atoms with van der Waals surface area (Å²) < 4.78 is 35.5. The van der Waals surface area contributed by atoms with Gasteiger partial charge in [-0.15, -0.1) is 16.4 Å². The molecule has 8 nitrogen and oxygen atoms in total. The fourth-order valence-corrected chi connectivity index (χ4v) is 5.54. The molecule has 2 aromatic heterocycles. The van der Waals surface area contributed by atoms with Crippen LogP contribution in [0.1, 0.15) is 16.0 Å². The number of thiophene rings is 1. The molecule has 4 aromatic rings. The van der Waals surface area contributed by atoms with Crippen molar-refractivity contribution in [2.75, 3.05) is 7.11 Å². The molecular formula is C21H21N5O3S2. The van der Waals surface area contributed by atoms with Gasteiger partial charge in [0.2, 0.25) is 10.0 Å². The topological polar surface area (TPSA) is 90.2 Å². The second-order valence-electron chi connectivity index (χ2n) is 6.91. The Balaban J connectivity index is 1.69. The molecule has 4 rings (SSSR count). The lowest BCUT2D eigenvalue weighted by atomic mass is 10.2. The smallest absolute Gasteiger partial charge is 0.243 e. The van der Waals surface area contributed by atoms with Crippen LogP contribution in [0.3, 0.4) is 0 Å². The van der Waals surface area contributed by atoms with E-state index in [1.165, 1.54) is 26.7 Å². The van der Waals surface area contributed by atoms with Crippen LogP contribution in [0.25, 0.3) is 5.69 Å². The minimum absolute atomic E-state index is 0.223. The third-order valence-electron chi connectivity index (χ3n) is 4.81. The number of methoxy groups -OCH3 is 1. The first-order valence-corrected chi connectivity index (χ1v) is 11.8. The van der Waals surface area contributed by atoms with Crippen molar-refractivity contribution in [3.8, 4) is 11.4 Å². The minimum Gasteiger partial charge on any atom is -0.497 e. The van der Waals surface area contributed by atoms with Crippen LogP contribution >= 0.6 is 11.3 Å². The summed E-state index contributed by atoms with van der Waals surface area (Å²) in [5, 5.41) is 13.1. The molecule has 0 aliphatic heterocycles. The van der Waals surface area contributed by atoms with E-state index in [0.717, 1.165) is 21.7 Å². The van der Waals surface area contributed by atoms with Gasteiger partial charge in [-0.05, 0) is 70.3 Å². The van der Waals surface area contributed by atoms with Gasteiger partial charge in [-0.1, -0.05) is 18.2 Å². The maximum Gasteiger partial charge on any atom is 0.243 e. The zero-order valence-electron chi connectivity index (χ0n) is 17.0. The molecule has 0 bridgehead atoms. The maximum atomic E-state index is 13.6. The highest BCUT2D eigenvalue weighted by atomic mass is 32.2. The highest BCUT2D eigenvalue weighted by Crippen LogP contribution is 2.26. The van der Waals surface area contributed by atoms with Crippen LogP contribution < -0.4 is 4.74 Å². The van der Waals surface area contributed by atoms with Gasteiger partial charge in [0.15, 0.2) is 0 Å². The zero-order valence-corrected chi connectivity index (χ0v) is 18.7. The molecule has 0 saturated carbocycles. The van der Waals surface area contributed by atoms with Crippen molar-refractivity contribution >= 4 is 21.4 Å². The van der Waals surface area contributed by atoms with Crippen molar-refractivity contribution in [2.24, 2.45) is 0 Å². The summed E-state index contributed by atoms with van der Waals surface area (Å²) >= 11 is 1.53. The van der Waals surface area contributed by atoms with E-state index in [1.54, 1.807) is 25.3 Å². The van der Waals surface area contributed by atoms with Gasteiger partial charge < -0.3 is 4.74 Å². The molecule has 0 atom stereocenters. The van der Waals surface area contributed by atoms with Crippen molar-refractivity contribution in [3.63, 3.8) is 0 Å². The van der Waals surface area contributed by atoms with Crippen LogP contribution in [-0.4, -0.2) is 40.0 Å². The SMILES string of the molecule is COc1cccc(CN(Cc2cccs2)S(=O)(=O)c2ccc(-n3cnnn3)c(C)c2)c1. The van der Waals surface area contributed by atoms with Crippen molar-refractivity contribution in [3.05, 3.63) is 82.3 Å². The van der Waals surface area contributed by atoms with Crippen LogP contribution in [0.5, 0.6) is 5.75 Å². The Hall–Kier alpha value is -3.08. The standard InChI is InChI=1S/C21H21N5O3S2/c1-16-11-20(8-9-21(16)26-15-22-23-24-26)31(27,28)25(14-19-7-4-10-30-19)13-17-5-3-6-18(12-17)29-2/h3-12,15H,13-14H2,1-2H3. The van der Waals surface area contributed by atoms with E-state index in [0.29, 0.717) is 5.75 Å². The predicted molar refractivity (Wildman–Crippen MR) is 118 cm³/mol. The molecule has 2 aromatic carbocycles. The highest BCUT2D eigenvalue weighted by molar-refractivity contribution is 7.89. The molecule has 0 aliphatic carbocycles. The van der Waals surface area contributed by atoms with Crippen LogP contribution in [0.15, 0.2) is 71.2 Å². The lowest BCUT2D eigenvalue weighted by molar-refractivity contribution is 0.397. The van der Waals surface area contributed by atoms with Crippen LogP contribution in [0.4, 0.5) is 0 Å². The molecule has 0 saturated heterocycles. The third-order valence-corrected chi connectivity index (χ3v) is 7.46. The van der Waals surface area contributed by atoms with Crippen LogP contribution in [0.2, 0.25) is 0 Å². The highest BCUT2D eigenvalue weighted by Gasteiger charge is 2.26. The predicted octanol–water partition coefficient (Wildman–Crippen LogP) is 3.43. The molecule has 0 N–H and O–H groups in total. The van der Waals surface area contributed by atoms with E-state index >= 15 is 0 Å². The number of aromatic nitrogens is 4. The largest absolute Gasteiger partial charge is 0.497 e. The molecule has 0 radical (unpaired) electrons. The molecule has 0 aliphatic rings. The van der Waals surface area contributed by atoms with Gasteiger partial charge in [0.1, 0.15) is 12.1 Å². The Morgan fingerprint density at radius 3 is 2.65 bits per heavy atom. The van der Waals surface area contributed by atoms with Gasteiger partial charge >= 0.3 is 0 Å². The fourth-order valence-electron chi connectivity index (χ4n) is 3.24. The summed E-state index contributed by atoms with van der Waals surface area (Å²) in [6.45, 7) is 2.35. The average Bonchev–Trinajstić information content (AvgIpc) is 3.48. The maximum absolute atomic E-state index is 13.6. The van der Waals surface area contributed by atoms with Crippen molar-refractivity contribution < 1.29 is 13.2 Å².